The number of nitrogens with zero attached hydrogens (tertiary/aromatic N) is 2. The summed E-state index contributed by atoms with van der Waals surface area (Å²) in [4.78, 5) is 12.7. The third-order valence-corrected chi connectivity index (χ3v) is 4.81. The first-order valence-corrected chi connectivity index (χ1v) is 9.08. The lowest BCUT2D eigenvalue weighted by Gasteiger charge is -2.18. The summed E-state index contributed by atoms with van der Waals surface area (Å²) in [6.07, 6.45) is 7.02. The normalized spacial score (nSPS) is 15.5. The molecule has 4 nitrogen and oxygen atoms in total. The van der Waals surface area contributed by atoms with E-state index in [1.54, 1.807) is 4.57 Å². The van der Waals surface area contributed by atoms with Crippen molar-refractivity contribution in [2.45, 2.75) is 40.7 Å². The van der Waals surface area contributed by atoms with E-state index in [1.165, 1.54) is 0 Å². The zero-order valence-corrected chi connectivity index (χ0v) is 16.3. The fourth-order valence-corrected chi connectivity index (χ4v) is 3.48. The van der Waals surface area contributed by atoms with Gasteiger partial charge in [-0.15, -0.1) is 0 Å². The fourth-order valence-electron chi connectivity index (χ4n) is 3.48. The Bertz CT molecular complexity index is 992. The number of hydrogen-bond acceptors (Lipinski definition) is 2. The summed E-state index contributed by atoms with van der Waals surface area (Å²) >= 11 is 0. The summed E-state index contributed by atoms with van der Waals surface area (Å²) < 4.78 is 3.59. The lowest BCUT2D eigenvalue weighted by Crippen LogP contribution is -2.27. The maximum atomic E-state index is 12.7. The smallest absolute Gasteiger partial charge is 0.328 e. The van der Waals surface area contributed by atoms with Crippen molar-refractivity contribution in [1.29, 1.82) is 0 Å². The van der Waals surface area contributed by atoms with E-state index in [9.17, 15) is 9.90 Å². The number of hydrogen-bond donors (Lipinski definition) is 1. The van der Waals surface area contributed by atoms with Crippen molar-refractivity contribution < 1.29 is 5.11 Å². The van der Waals surface area contributed by atoms with Crippen LogP contribution < -0.4 is 5.69 Å². The van der Waals surface area contributed by atoms with E-state index in [0.717, 1.165) is 39.7 Å². The van der Waals surface area contributed by atoms with Crippen LogP contribution in [0.3, 0.4) is 0 Å². The van der Waals surface area contributed by atoms with Gasteiger partial charge in [0.2, 0.25) is 0 Å². The van der Waals surface area contributed by atoms with Crippen molar-refractivity contribution in [3.63, 3.8) is 0 Å². The Labute approximate surface area is 154 Å². The van der Waals surface area contributed by atoms with E-state index in [2.05, 4.69) is 58.1 Å². The van der Waals surface area contributed by atoms with Gasteiger partial charge in [-0.3, -0.25) is 9.13 Å². The zero-order valence-electron chi connectivity index (χ0n) is 16.3. The van der Waals surface area contributed by atoms with Crippen molar-refractivity contribution in [1.82, 2.24) is 9.13 Å². The second kappa shape index (κ2) is 6.76. The average molecular weight is 352 g/mol. The summed E-state index contributed by atoms with van der Waals surface area (Å²) in [5, 5.41) is 9.56. The molecule has 138 valence electrons. The highest BCUT2D eigenvalue weighted by atomic mass is 16.3. The molecule has 0 radical (unpaired) electrons. The van der Waals surface area contributed by atoms with Gasteiger partial charge < -0.3 is 5.11 Å². The quantitative estimate of drug-likeness (QED) is 0.906. The highest BCUT2D eigenvalue weighted by Gasteiger charge is 2.18. The van der Waals surface area contributed by atoms with E-state index in [4.69, 9.17) is 0 Å². The second-order valence-corrected chi connectivity index (χ2v) is 8.36. The molecule has 1 aromatic heterocycles. The lowest BCUT2D eigenvalue weighted by molar-refractivity contribution is 0.329. The number of allylic oxidation sites excluding steroid dienone is 5. The van der Waals surface area contributed by atoms with Crippen molar-refractivity contribution in [3.05, 3.63) is 63.6 Å². The lowest BCUT2D eigenvalue weighted by atomic mass is 9.96. The number of fused-ring (bicyclic) bond motifs is 1. The molecule has 0 spiro atoms. The number of aliphatic hydroxyl groups excluding tert-OH is 1. The minimum atomic E-state index is 0.0186. The van der Waals surface area contributed by atoms with Gasteiger partial charge >= 0.3 is 5.69 Å². The molecule has 0 atom stereocenters. The maximum Gasteiger partial charge on any atom is 0.328 e. The maximum absolute atomic E-state index is 12.7. The van der Waals surface area contributed by atoms with E-state index in [0.29, 0.717) is 6.54 Å². The summed E-state index contributed by atoms with van der Waals surface area (Å²) in [6, 6.07) is 6.20. The summed E-state index contributed by atoms with van der Waals surface area (Å²) in [6.45, 7) is 9.24. The Hall–Kier alpha value is -2.33. The molecule has 2 aromatic rings. The Balaban J connectivity index is 2.18. The van der Waals surface area contributed by atoms with E-state index < -0.39 is 0 Å². The van der Waals surface area contributed by atoms with E-state index in [-0.39, 0.29) is 17.7 Å². The molecule has 0 unspecified atom stereocenters. The molecule has 0 saturated heterocycles. The Morgan fingerprint density at radius 1 is 1.19 bits per heavy atom. The first-order valence-electron chi connectivity index (χ1n) is 9.08. The van der Waals surface area contributed by atoms with Crippen LogP contribution in [-0.4, -0.2) is 20.8 Å². The van der Waals surface area contributed by atoms with Crippen LogP contribution in [0.4, 0.5) is 0 Å². The number of benzene rings is 1. The molecule has 1 aromatic carbocycles. The van der Waals surface area contributed by atoms with Crippen molar-refractivity contribution in [2.24, 2.45) is 12.5 Å². The third kappa shape index (κ3) is 3.47. The molecular formula is C22H28N2O2. The fraction of sp³-hybridized carbons (Fsp3) is 0.409. The molecule has 0 fully saturated rings. The molecule has 1 aliphatic rings. The molecule has 3 rings (SSSR count). The molecule has 1 N–H and O–H groups in total. The number of aromatic nitrogens is 2. The Morgan fingerprint density at radius 3 is 2.58 bits per heavy atom. The highest BCUT2D eigenvalue weighted by molar-refractivity contribution is 5.86. The second-order valence-electron chi connectivity index (χ2n) is 8.36. The topological polar surface area (TPSA) is 47.2 Å². The minimum Gasteiger partial charge on any atom is -0.392 e. The predicted octanol–water partition coefficient (Wildman–Crippen LogP) is 4.04. The first kappa shape index (κ1) is 18.5. The van der Waals surface area contributed by atoms with Crippen LogP contribution in [0.15, 0.2) is 52.4 Å². The molecule has 0 saturated carbocycles. The van der Waals surface area contributed by atoms with Crippen LogP contribution >= 0.6 is 0 Å². The van der Waals surface area contributed by atoms with Crippen LogP contribution in [0.5, 0.6) is 0 Å². The van der Waals surface area contributed by atoms with Gasteiger partial charge in [0.1, 0.15) is 0 Å². The van der Waals surface area contributed by atoms with E-state index >= 15 is 0 Å². The van der Waals surface area contributed by atoms with E-state index in [1.807, 2.05) is 17.7 Å². The zero-order chi connectivity index (χ0) is 19.1. The minimum absolute atomic E-state index is 0.0186. The van der Waals surface area contributed by atoms with Crippen molar-refractivity contribution in [2.75, 3.05) is 6.61 Å². The molecular weight excluding hydrogens is 324 g/mol. The standard InChI is InChI=1S/C22H28N2O2/c1-15-7-6-8-16(13-25)11-18(15)17-9-10-19-20(12-17)23(5)21(26)24(19)14-22(2,3)4/h6-7,9-12,25H,8,13-14H2,1-5H3. The summed E-state index contributed by atoms with van der Waals surface area (Å²) in [5.74, 6) is 0. The van der Waals surface area contributed by atoms with Crippen LogP contribution in [0.25, 0.3) is 16.6 Å². The molecule has 0 bridgehead atoms. The van der Waals surface area contributed by atoms with Gasteiger partial charge in [-0.2, -0.15) is 0 Å². The van der Waals surface area contributed by atoms with Gasteiger partial charge in [0, 0.05) is 13.6 Å². The first-order chi connectivity index (χ1) is 12.2. The van der Waals surface area contributed by atoms with Gasteiger partial charge in [-0.05, 0) is 53.2 Å². The van der Waals surface area contributed by atoms with Crippen LogP contribution in [0.1, 0.15) is 39.7 Å². The SMILES string of the molecule is CC1=C(c2ccc3c(c2)n(C)c(=O)n3CC(C)(C)C)C=C(CO)CC=C1. The number of rotatable bonds is 3. The van der Waals surface area contributed by atoms with Gasteiger partial charge in [0.15, 0.2) is 0 Å². The Morgan fingerprint density at radius 2 is 1.92 bits per heavy atom. The number of aliphatic hydroxyl groups is 1. The highest BCUT2D eigenvalue weighted by Crippen LogP contribution is 2.29. The number of aryl methyl sites for hydroxylation is 1. The van der Waals surface area contributed by atoms with Crippen molar-refractivity contribution >= 4 is 16.6 Å². The molecule has 4 heteroatoms. The summed E-state index contributed by atoms with van der Waals surface area (Å²) in [7, 11) is 1.83. The molecule has 26 heavy (non-hydrogen) atoms. The molecule has 1 heterocycles. The molecule has 1 aliphatic carbocycles. The summed E-state index contributed by atoms with van der Waals surface area (Å²) in [5.41, 5.74) is 6.26. The van der Waals surface area contributed by atoms with Gasteiger partial charge in [-0.1, -0.05) is 45.1 Å². The molecule has 0 aliphatic heterocycles. The van der Waals surface area contributed by atoms with Crippen LogP contribution in [-0.2, 0) is 13.6 Å². The van der Waals surface area contributed by atoms with Crippen LogP contribution in [0.2, 0.25) is 0 Å². The molecule has 0 amide bonds. The number of imidazole rings is 1. The Kier molecular flexibility index (Phi) is 4.80. The van der Waals surface area contributed by atoms with Gasteiger partial charge in [0.05, 0.1) is 17.6 Å². The van der Waals surface area contributed by atoms with Gasteiger partial charge in [0.25, 0.3) is 0 Å². The van der Waals surface area contributed by atoms with Gasteiger partial charge in [-0.25, -0.2) is 4.79 Å². The predicted molar refractivity (Wildman–Crippen MR) is 108 cm³/mol. The van der Waals surface area contributed by atoms with Crippen molar-refractivity contribution in [3.8, 4) is 0 Å². The average Bonchev–Trinajstić information content (AvgIpc) is 2.73. The van der Waals surface area contributed by atoms with Crippen LogP contribution in [0, 0.1) is 5.41 Å². The largest absolute Gasteiger partial charge is 0.392 e. The monoisotopic (exact) mass is 352 g/mol. The third-order valence-electron chi connectivity index (χ3n) is 4.81.